The zero-order valence-electron chi connectivity index (χ0n) is 12.4. The van der Waals surface area contributed by atoms with E-state index >= 15 is 0 Å². The number of aromatic hydroxyl groups is 1. The molecule has 1 saturated carbocycles. The van der Waals surface area contributed by atoms with Crippen LogP contribution in [0.15, 0.2) is 12.1 Å². The fourth-order valence-electron chi connectivity index (χ4n) is 2.84. The maximum Gasteiger partial charge on any atom is 0.309 e. The molecular formula is C16H19FO4. The molecule has 0 spiro atoms. The van der Waals surface area contributed by atoms with Crippen LogP contribution in [-0.4, -0.2) is 24.0 Å². The molecule has 0 aliphatic heterocycles. The van der Waals surface area contributed by atoms with Crippen LogP contribution in [0.1, 0.15) is 48.5 Å². The molecule has 0 bridgehead atoms. The van der Waals surface area contributed by atoms with E-state index in [-0.39, 0.29) is 23.0 Å². The number of ketones is 1. The van der Waals surface area contributed by atoms with Crippen LogP contribution in [-0.2, 0) is 9.53 Å². The summed E-state index contributed by atoms with van der Waals surface area (Å²) in [4.78, 5) is 23.1. The Labute approximate surface area is 122 Å². The quantitative estimate of drug-likeness (QED) is 0.669. The molecule has 2 rings (SSSR count). The van der Waals surface area contributed by atoms with Crippen LogP contribution in [0.5, 0.6) is 5.75 Å². The van der Waals surface area contributed by atoms with Crippen molar-refractivity contribution < 1.29 is 23.8 Å². The smallest absolute Gasteiger partial charge is 0.309 e. The summed E-state index contributed by atoms with van der Waals surface area (Å²) in [6.07, 6.45) is 1.83. The number of hydrogen-bond donors (Lipinski definition) is 1. The van der Waals surface area contributed by atoms with Gasteiger partial charge < -0.3 is 9.84 Å². The molecule has 2 atom stereocenters. The number of phenolic OH excluding ortho intramolecular Hbond substituents is 1. The molecule has 4 nitrogen and oxygen atoms in total. The average molecular weight is 294 g/mol. The van der Waals surface area contributed by atoms with Gasteiger partial charge in [-0.25, -0.2) is 4.39 Å². The van der Waals surface area contributed by atoms with Crippen molar-refractivity contribution in [1.29, 1.82) is 0 Å². The number of Topliss-reactive ketones (excluding diaryl/α,β-unsaturated/α-hetero) is 1. The third-order valence-electron chi connectivity index (χ3n) is 4.13. The van der Waals surface area contributed by atoms with Gasteiger partial charge >= 0.3 is 5.97 Å². The molecule has 1 aliphatic rings. The third-order valence-corrected chi connectivity index (χ3v) is 4.13. The van der Waals surface area contributed by atoms with Gasteiger partial charge in [0.25, 0.3) is 0 Å². The first-order chi connectivity index (χ1) is 9.88. The summed E-state index contributed by atoms with van der Waals surface area (Å²) in [6, 6.07) is 2.91. The Hall–Kier alpha value is -1.91. The summed E-state index contributed by atoms with van der Waals surface area (Å²) in [7, 11) is 1.30. The Morgan fingerprint density at radius 1 is 1.38 bits per heavy atom. The minimum Gasteiger partial charge on any atom is -0.504 e. The zero-order valence-corrected chi connectivity index (χ0v) is 12.4. The minimum absolute atomic E-state index is 0.0449. The normalized spacial score (nSPS) is 17.1. The van der Waals surface area contributed by atoms with E-state index in [0.717, 1.165) is 12.8 Å². The van der Waals surface area contributed by atoms with Crippen molar-refractivity contribution in [1.82, 2.24) is 0 Å². The average Bonchev–Trinajstić information content (AvgIpc) is 3.27. The first-order valence-corrected chi connectivity index (χ1v) is 6.98. The van der Waals surface area contributed by atoms with Crippen LogP contribution in [0.2, 0.25) is 0 Å². The molecule has 1 aromatic rings. The lowest BCUT2D eigenvalue weighted by Gasteiger charge is -2.23. The van der Waals surface area contributed by atoms with Gasteiger partial charge in [0.15, 0.2) is 17.3 Å². The van der Waals surface area contributed by atoms with Gasteiger partial charge in [-0.2, -0.15) is 0 Å². The molecule has 0 aromatic heterocycles. The van der Waals surface area contributed by atoms with Gasteiger partial charge in [0.05, 0.1) is 18.6 Å². The molecular weight excluding hydrogens is 275 g/mol. The number of methoxy groups -OCH3 is 1. The zero-order chi connectivity index (χ0) is 15.7. The Morgan fingerprint density at radius 3 is 2.48 bits per heavy atom. The molecule has 0 amide bonds. The van der Waals surface area contributed by atoms with Crippen molar-refractivity contribution in [2.45, 2.75) is 32.6 Å². The fraction of sp³-hybridized carbons (Fsp3) is 0.500. The summed E-state index contributed by atoms with van der Waals surface area (Å²) in [5.74, 6) is -2.89. The van der Waals surface area contributed by atoms with Crippen molar-refractivity contribution in [3.63, 3.8) is 0 Å². The summed E-state index contributed by atoms with van der Waals surface area (Å²) in [5, 5.41) is 9.87. The monoisotopic (exact) mass is 294 g/mol. The molecule has 0 saturated heterocycles. The molecule has 0 unspecified atom stereocenters. The SMILES string of the molecule is COC(=O)[C@H](C)[C@H](c1ccc(C(C)=O)c(O)c1F)C1CC1. The highest BCUT2D eigenvalue weighted by Gasteiger charge is 2.41. The van der Waals surface area contributed by atoms with E-state index in [4.69, 9.17) is 4.74 Å². The van der Waals surface area contributed by atoms with Crippen LogP contribution < -0.4 is 0 Å². The lowest BCUT2D eigenvalue weighted by Crippen LogP contribution is -2.23. The molecule has 1 aliphatic carbocycles. The lowest BCUT2D eigenvalue weighted by atomic mass is 9.82. The molecule has 1 N–H and O–H groups in total. The van der Waals surface area contributed by atoms with Gasteiger partial charge in [0.1, 0.15) is 0 Å². The number of carbonyl (C=O) groups excluding carboxylic acids is 2. The minimum atomic E-state index is -0.810. The second kappa shape index (κ2) is 5.84. The van der Waals surface area contributed by atoms with E-state index in [9.17, 15) is 19.1 Å². The Balaban J connectivity index is 2.44. The largest absolute Gasteiger partial charge is 0.504 e. The maximum absolute atomic E-state index is 14.4. The third kappa shape index (κ3) is 2.91. The van der Waals surface area contributed by atoms with Gasteiger partial charge in [-0.05, 0) is 37.3 Å². The molecule has 1 aromatic carbocycles. The van der Waals surface area contributed by atoms with Crippen LogP contribution in [0.4, 0.5) is 4.39 Å². The molecule has 1 fully saturated rings. The van der Waals surface area contributed by atoms with Crippen molar-refractivity contribution in [2.24, 2.45) is 11.8 Å². The number of hydrogen-bond acceptors (Lipinski definition) is 4. The van der Waals surface area contributed by atoms with E-state index in [1.807, 2.05) is 0 Å². The second-order valence-corrected chi connectivity index (χ2v) is 5.60. The van der Waals surface area contributed by atoms with Gasteiger partial charge in [-0.3, -0.25) is 9.59 Å². The Bertz CT molecular complexity index is 578. The number of ether oxygens (including phenoxy) is 1. The van der Waals surface area contributed by atoms with Gasteiger partial charge in [0, 0.05) is 5.92 Å². The van der Waals surface area contributed by atoms with Crippen LogP contribution in [0, 0.1) is 17.7 Å². The summed E-state index contributed by atoms with van der Waals surface area (Å²) < 4.78 is 19.2. The topological polar surface area (TPSA) is 63.6 Å². The highest BCUT2D eigenvalue weighted by Crippen LogP contribution is 2.48. The van der Waals surface area contributed by atoms with Gasteiger partial charge in [-0.15, -0.1) is 0 Å². The first-order valence-electron chi connectivity index (χ1n) is 6.98. The van der Waals surface area contributed by atoms with Gasteiger partial charge in [-0.1, -0.05) is 13.0 Å². The number of carbonyl (C=O) groups is 2. The van der Waals surface area contributed by atoms with E-state index in [2.05, 4.69) is 0 Å². The summed E-state index contributed by atoms with van der Waals surface area (Å²) in [6.45, 7) is 2.97. The molecule has 114 valence electrons. The predicted octanol–water partition coefficient (Wildman–Crippen LogP) is 3.04. The van der Waals surface area contributed by atoms with E-state index in [0.29, 0.717) is 0 Å². The fourth-order valence-corrected chi connectivity index (χ4v) is 2.84. The lowest BCUT2D eigenvalue weighted by molar-refractivity contribution is -0.145. The van der Waals surface area contributed by atoms with Crippen molar-refractivity contribution in [2.75, 3.05) is 7.11 Å². The Kier molecular flexibility index (Phi) is 4.30. The van der Waals surface area contributed by atoms with Crippen LogP contribution >= 0.6 is 0 Å². The second-order valence-electron chi connectivity index (χ2n) is 5.60. The highest BCUT2D eigenvalue weighted by molar-refractivity contribution is 5.96. The number of phenols is 1. The first kappa shape index (κ1) is 15.5. The predicted molar refractivity (Wildman–Crippen MR) is 74.7 cm³/mol. The summed E-state index contributed by atoms with van der Waals surface area (Å²) in [5.41, 5.74) is 0.231. The molecule has 21 heavy (non-hydrogen) atoms. The molecule has 0 radical (unpaired) electrons. The van der Waals surface area contributed by atoms with Crippen molar-refractivity contribution in [3.8, 4) is 5.75 Å². The molecule has 0 heterocycles. The number of rotatable bonds is 5. The number of benzene rings is 1. The maximum atomic E-state index is 14.4. The van der Waals surface area contributed by atoms with Gasteiger partial charge in [0.2, 0.25) is 0 Å². The molecule has 5 heteroatoms. The van der Waals surface area contributed by atoms with E-state index in [1.165, 1.54) is 26.2 Å². The summed E-state index contributed by atoms with van der Waals surface area (Å²) >= 11 is 0. The van der Waals surface area contributed by atoms with Crippen molar-refractivity contribution >= 4 is 11.8 Å². The van der Waals surface area contributed by atoms with E-state index < -0.39 is 29.2 Å². The highest BCUT2D eigenvalue weighted by atomic mass is 19.1. The number of halogens is 1. The standard InChI is InChI=1S/C16H19FO4/c1-8(16(20)21-3)13(10-4-5-10)12-7-6-11(9(2)18)15(19)14(12)17/h6-8,10,13,19H,4-5H2,1-3H3/t8-,13+/m1/s1. The van der Waals surface area contributed by atoms with Crippen LogP contribution in [0.25, 0.3) is 0 Å². The van der Waals surface area contributed by atoms with Crippen LogP contribution in [0.3, 0.4) is 0 Å². The van der Waals surface area contributed by atoms with Crippen molar-refractivity contribution in [3.05, 3.63) is 29.1 Å². The van der Waals surface area contributed by atoms with E-state index in [1.54, 1.807) is 6.92 Å². The Morgan fingerprint density at radius 2 is 2.00 bits per heavy atom. The number of esters is 1.